The minimum absolute atomic E-state index is 0.297. The lowest BCUT2D eigenvalue weighted by molar-refractivity contribution is -0.275. The van der Waals surface area contributed by atoms with Crippen molar-refractivity contribution in [3.63, 3.8) is 0 Å². The number of ether oxygens (including phenoxy) is 2. The molecule has 0 amide bonds. The minimum atomic E-state index is -4.99. The lowest BCUT2D eigenvalue weighted by Gasteiger charge is -2.26. The Balaban J connectivity index is 1.92. The number of benzene rings is 2. The predicted octanol–water partition coefficient (Wildman–Crippen LogP) is 3.39. The first kappa shape index (κ1) is 17.6. The number of rotatable bonds is 4. The molecule has 2 aromatic rings. The molecule has 1 heterocycles. The molecule has 1 aliphatic rings. The van der Waals surface area contributed by atoms with Crippen molar-refractivity contribution in [1.29, 1.82) is 0 Å². The first-order chi connectivity index (χ1) is 11.8. The van der Waals surface area contributed by atoms with Gasteiger partial charge in [-0.05, 0) is 18.2 Å². The van der Waals surface area contributed by atoms with Crippen molar-refractivity contribution < 1.29 is 31.1 Å². The van der Waals surface area contributed by atoms with Crippen LogP contribution >= 0.6 is 0 Å². The Morgan fingerprint density at radius 3 is 2.52 bits per heavy atom. The van der Waals surface area contributed by atoms with Gasteiger partial charge in [0, 0.05) is 12.0 Å². The van der Waals surface area contributed by atoms with E-state index in [0.717, 1.165) is 12.1 Å². The Kier molecular flexibility index (Phi) is 4.61. The molecule has 0 aromatic heterocycles. The topological polar surface area (TPSA) is 64.6 Å². The van der Waals surface area contributed by atoms with Gasteiger partial charge in [-0.2, -0.15) is 0 Å². The van der Waals surface area contributed by atoms with Gasteiger partial charge in [0.25, 0.3) is 0 Å². The molecule has 0 spiro atoms. The summed E-state index contributed by atoms with van der Waals surface area (Å²) in [5.41, 5.74) is 0.631. The second-order valence-corrected chi connectivity index (χ2v) is 7.03. The molecule has 3 rings (SSSR count). The number of alkyl halides is 3. The fourth-order valence-corrected chi connectivity index (χ4v) is 3.98. The maximum Gasteiger partial charge on any atom is 0.573 e. The molecule has 0 saturated heterocycles. The summed E-state index contributed by atoms with van der Waals surface area (Å²) in [6.07, 6.45) is -4.63. The SMILES string of the molecule is O=S(=O)(N[C@H]1CCOc2ccccc21)c1ccccc1OC(F)(F)F. The Labute approximate surface area is 142 Å². The average molecular weight is 373 g/mol. The molecule has 0 radical (unpaired) electrons. The zero-order valence-corrected chi connectivity index (χ0v) is 13.6. The number of para-hydroxylation sites is 2. The maximum atomic E-state index is 12.6. The van der Waals surface area contributed by atoms with Gasteiger partial charge in [0.2, 0.25) is 10.0 Å². The molecule has 2 aromatic carbocycles. The molecule has 0 bridgehead atoms. The summed E-state index contributed by atoms with van der Waals surface area (Å²) in [7, 11) is -4.24. The van der Waals surface area contributed by atoms with E-state index in [4.69, 9.17) is 4.74 Å². The van der Waals surface area contributed by atoms with Gasteiger partial charge < -0.3 is 9.47 Å². The number of fused-ring (bicyclic) bond motifs is 1. The van der Waals surface area contributed by atoms with Crippen LogP contribution in [0.2, 0.25) is 0 Å². The Bertz CT molecular complexity index is 868. The molecular formula is C16H14F3NO4S. The van der Waals surface area contributed by atoms with E-state index >= 15 is 0 Å². The van der Waals surface area contributed by atoms with Gasteiger partial charge in [-0.1, -0.05) is 30.3 Å². The van der Waals surface area contributed by atoms with Crippen molar-refractivity contribution in [3.8, 4) is 11.5 Å². The summed E-state index contributed by atoms with van der Waals surface area (Å²) >= 11 is 0. The first-order valence-corrected chi connectivity index (χ1v) is 8.83. The van der Waals surface area contributed by atoms with Crippen LogP contribution in [0.3, 0.4) is 0 Å². The third-order valence-electron chi connectivity index (χ3n) is 3.62. The van der Waals surface area contributed by atoms with Crippen molar-refractivity contribution in [2.24, 2.45) is 0 Å². The van der Waals surface area contributed by atoms with Crippen molar-refractivity contribution in [3.05, 3.63) is 54.1 Å². The van der Waals surface area contributed by atoms with Crippen LogP contribution in [0.5, 0.6) is 11.5 Å². The fourth-order valence-electron chi connectivity index (χ4n) is 2.60. The number of hydrogen-bond acceptors (Lipinski definition) is 4. The highest BCUT2D eigenvalue weighted by Gasteiger charge is 2.35. The van der Waals surface area contributed by atoms with E-state index in [1.807, 2.05) is 0 Å². The van der Waals surface area contributed by atoms with Crippen molar-refractivity contribution >= 4 is 10.0 Å². The van der Waals surface area contributed by atoms with E-state index in [-0.39, 0.29) is 0 Å². The summed E-state index contributed by atoms with van der Waals surface area (Å²) in [5, 5.41) is 0. The van der Waals surface area contributed by atoms with E-state index in [1.165, 1.54) is 12.1 Å². The normalized spacial score (nSPS) is 17.5. The van der Waals surface area contributed by atoms with Crippen LogP contribution in [0.15, 0.2) is 53.4 Å². The molecule has 134 valence electrons. The van der Waals surface area contributed by atoms with E-state index < -0.39 is 33.1 Å². The molecule has 25 heavy (non-hydrogen) atoms. The molecule has 0 saturated carbocycles. The van der Waals surface area contributed by atoms with Crippen molar-refractivity contribution in [2.75, 3.05) is 6.61 Å². The lowest BCUT2D eigenvalue weighted by Crippen LogP contribution is -2.32. The second kappa shape index (κ2) is 6.57. The largest absolute Gasteiger partial charge is 0.573 e. The van der Waals surface area contributed by atoms with Gasteiger partial charge in [0.1, 0.15) is 16.4 Å². The van der Waals surface area contributed by atoms with Gasteiger partial charge in [0.15, 0.2) is 0 Å². The fraction of sp³-hybridized carbons (Fsp3) is 0.250. The quantitative estimate of drug-likeness (QED) is 0.892. The van der Waals surface area contributed by atoms with Crippen LogP contribution in [-0.2, 0) is 10.0 Å². The third-order valence-corrected chi connectivity index (χ3v) is 5.13. The summed E-state index contributed by atoms with van der Waals surface area (Å²) in [5.74, 6) is -0.232. The lowest BCUT2D eigenvalue weighted by atomic mass is 10.0. The van der Waals surface area contributed by atoms with Crippen LogP contribution in [0.4, 0.5) is 13.2 Å². The zero-order valence-electron chi connectivity index (χ0n) is 12.8. The van der Waals surface area contributed by atoms with Crippen LogP contribution in [0, 0.1) is 0 Å². The Hall–Kier alpha value is -2.26. The monoisotopic (exact) mass is 373 g/mol. The average Bonchev–Trinajstić information content (AvgIpc) is 2.54. The van der Waals surface area contributed by atoms with Gasteiger partial charge in [-0.15, -0.1) is 13.2 Å². The van der Waals surface area contributed by atoms with E-state index in [0.29, 0.717) is 24.3 Å². The summed E-state index contributed by atoms with van der Waals surface area (Å²) < 4.78 is 74.5. The highest BCUT2D eigenvalue weighted by molar-refractivity contribution is 7.89. The molecular weight excluding hydrogens is 359 g/mol. The summed E-state index contributed by atoms with van der Waals surface area (Å²) in [6.45, 7) is 0.297. The first-order valence-electron chi connectivity index (χ1n) is 7.35. The van der Waals surface area contributed by atoms with E-state index in [2.05, 4.69) is 9.46 Å². The van der Waals surface area contributed by atoms with Crippen LogP contribution in [0.1, 0.15) is 18.0 Å². The predicted molar refractivity (Wildman–Crippen MR) is 82.7 cm³/mol. The highest BCUT2D eigenvalue weighted by atomic mass is 32.2. The van der Waals surface area contributed by atoms with Gasteiger partial charge in [0.05, 0.1) is 12.6 Å². The van der Waals surface area contributed by atoms with Crippen molar-refractivity contribution in [1.82, 2.24) is 4.72 Å². The van der Waals surface area contributed by atoms with Gasteiger partial charge in [-0.3, -0.25) is 0 Å². The van der Waals surface area contributed by atoms with Gasteiger partial charge >= 0.3 is 6.36 Å². The minimum Gasteiger partial charge on any atom is -0.493 e. The Morgan fingerprint density at radius 2 is 1.76 bits per heavy atom. The highest BCUT2D eigenvalue weighted by Crippen LogP contribution is 2.34. The summed E-state index contributed by atoms with van der Waals surface area (Å²) in [4.78, 5) is -0.573. The number of halogens is 3. The summed E-state index contributed by atoms with van der Waals surface area (Å²) in [6, 6.07) is 10.9. The smallest absolute Gasteiger partial charge is 0.493 e. The number of hydrogen-bond donors (Lipinski definition) is 1. The van der Waals surface area contributed by atoms with E-state index in [9.17, 15) is 21.6 Å². The number of nitrogens with one attached hydrogen (secondary N) is 1. The molecule has 1 atom stereocenters. The van der Waals surface area contributed by atoms with Gasteiger partial charge in [-0.25, -0.2) is 13.1 Å². The molecule has 9 heteroatoms. The zero-order chi connectivity index (χ0) is 18.1. The standard InChI is InChI=1S/C16H14F3NO4S/c17-16(18,19)24-14-7-3-4-8-15(14)25(21,22)20-12-9-10-23-13-6-2-1-5-11(12)13/h1-8,12,20H,9-10H2/t12-/m0/s1. The molecule has 0 unspecified atom stereocenters. The molecule has 0 aliphatic carbocycles. The molecule has 1 N–H and O–H groups in total. The van der Waals surface area contributed by atoms with Crippen LogP contribution in [0.25, 0.3) is 0 Å². The molecule has 0 fully saturated rings. The van der Waals surface area contributed by atoms with Crippen LogP contribution in [-0.4, -0.2) is 21.4 Å². The third kappa shape index (κ3) is 4.05. The number of sulfonamides is 1. The second-order valence-electron chi connectivity index (χ2n) is 5.34. The van der Waals surface area contributed by atoms with Crippen molar-refractivity contribution in [2.45, 2.75) is 23.7 Å². The van der Waals surface area contributed by atoms with E-state index in [1.54, 1.807) is 24.3 Å². The Morgan fingerprint density at radius 1 is 1.08 bits per heavy atom. The molecule has 5 nitrogen and oxygen atoms in total. The maximum absolute atomic E-state index is 12.6. The van der Waals surface area contributed by atoms with Crippen LogP contribution < -0.4 is 14.2 Å². The molecule has 1 aliphatic heterocycles.